The number of rotatable bonds is 5. The molecular formula is C13H13BrN4O3. The maximum absolute atomic E-state index is 11.1. The number of nitrogens with one attached hydrogen (secondary N) is 1. The van der Waals surface area contributed by atoms with Gasteiger partial charge in [0.2, 0.25) is 5.75 Å². The topological polar surface area (TPSA) is 90.2 Å². The van der Waals surface area contributed by atoms with E-state index in [9.17, 15) is 10.1 Å². The molecule has 2 rings (SSSR count). The van der Waals surface area contributed by atoms with Crippen LogP contribution in [0.1, 0.15) is 11.3 Å². The zero-order valence-electron chi connectivity index (χ0n) is 11.5. The second-order valence-corrected chi connectivity index (χ2v) is 5.18. The van der Waals surface area contributed by atoms with Gasteiger partial charge in [-0.1, -0.05) is 15.9 Å². The van der Waals surface area contributed by atoms with Crippen LogP contribution < -0.4 is 10.1 Å². The van der Waals surface area contributed by atoms with Gasteiger partial charge in [0.25, 0.3) is 0 Å². The zero-order valence-corrected chi connectivity index (χ0v) is 13.0. The summed E-state index contributed by atoms with van der Waals surface area (Å²) in [6.07, 6.45) is 3.13. The SMILES string of the molecule is CNc1cnc(COc2c(C)cc(Br)cc2[N+](=O)[O-])cn1. The number of nitro benzene ring substituents is 1. The van der Waals surface area contributed by atoms with Gasteiger partial charge in [-0.25, -0.2) is 4.98 Å². The zero-order chi connectivity index (χ0) is 15.4. The molecule has 0 bridgehead atoms. The fraction of sp³-hybridized carbons (Fsp3) is 0.231. The molecule has 1 aromatic heterocycles. The van der Waals surface area contributed by atoms with Gasteiger partial charge in [0.15, 0.2) is 0 Å². The molecule has 0 aliphatic carbocycles. The first-order valence-corrected chi connectivity index (χ1v) is 6.86. The van der Waals surface area contributed by atoms with Crippen LogP contribution >= 0.6 is 15.9 Å². The highest BCUT2D eigenvalue weighted by Crippen LogP contribution is 2.34. The molecule has 0 aliphatic rings. The monoisotopic (exact) mass is 352 g/mol. The highest BCUT2D eigenvalue weighted by atomic mass is 79.9. The molecule has 110 valence electrons. The largest absolute Gasteiger partial charge is 0.480 e. The van der Waals surface area contributed by atoms with Crippen LogP contribution in [0.4, 0.5) is 11.5 Å². The van der Waals surface area contributed by atoms with Gasteiger partial charge in [0.1, 0.15) is 12.4 Å². The number of nitrogens with zero attached hydrogens (tertiary/aromatic N) is 3. The minimum absolute atomic E-state index is 0.0818. The van der Waals surface area contributed by atoms with Gasteiger partial charge in [-0.2, -0.15) is 0 Å². The fourth-order valence-electron chi connectivity index (χ4n) is 1.74. The molecule has 0 amide bonds. The van der Waals surface area contributed by atoms with E-state index in [0.29, 0.717) is 21.5 Å². The number of ether oxygens (including phenoxy) is 1. The van der Waals surface area contributed by atoms with Gasteiger partial charge >= 0.3 is 5.69 Å². The van der Waals surface area contributed by atoms with Crippen LogP contribution in [0.5, 0.6) is 5.75 Å². The van der Waals surface area contributed by atoms with Crippen molar-refractivity contribution in [3.63, 3.8) is 0 Å². The Morgan fingerprint density at radius 2 is 2.14 bits per heavy atom. The van der Waals surface area contributed by atoms with E-state index in [1.807, 2.05) is 0 Å². The molecule has 0 saturated carbocycles. The van der Waals surface area contributed by atoms with Crippen molar-refractivity contribution in [2.24, 2.45) is 0 Å². The minimum atomic E-state index is -0.469. The lowest BCUT2D eigenvalue weighted by Gasteiger charge is -2.10. The minimum Gasteiger partial charge on any atom is -0.480 e. The van der Waals surface area contributed by atoms with E-state index >= 15 is 0 Å². The number of hydrogen-bond donors (Lipinski definition) is 1. The second kappa shape index (κ2) is 6.49. The number of halogens is 1. The molecule has 0 unspecified atom stereocenters. The summed E-state index contributed by atoms with van der Waals surface area (Å²) in [6, 6.07) is 3.18. The normalized spacial score (nSPS) is 10.2. The Morgan fingerprint density at radius 1 is 1.38 bits per heavy atom. The van der Waals surface area contributed by atoms with E-state index < -0.39 is 4.92 Å². The van der Waals surface area contributed by atoms with Crippen LogP contribution in [0.25, 0.3) is 0 Å². The van der Waals surface area contributed by atoms with Crippen LogP contribution in [-0.2, 0) is 6.61 Å². The van der Waals surface area contributed by atoms with Gasteiger partial charge < -0.3 is 10.1 Å². The molecule has 0 aliphatic heterocycles. The lowest BCUT2D eigenvalue weighted by Crippen LogP contribution is -2.04. The molecular weight excluding hydrogens is 340 g/mol. The van der Waals surface area contributed by atoms with Crippen LogP contribution in [0, 0.1) is 17.0 Å². The van der Waals surface area contributed by atoms with Crippen molar-refractivity contribution in [1.29, 1.82) is 0 Å². The Bertz CT molecular complexity index is 661. The number of benzene rings is 1. The summed E-state index contributed by atoms with van der Waals surface area (Å²) in [5, 5.41) is 13.9. The second-order valence-electron chi connectivity index (χ2n) is 4.26. The summed E-state index contributed by atoms with van der Waals surface area (Å²) in [6.45, 7) is 1.86. The summed E-state index contributed by atoms with van der Waals surface area (Å²) in [7, 11) is 1.74. The Labute approximate surface area is 129 Å². The molecule has 2 aromatic rings. The van der Waals surface area contributed by atoms with Crippen LogP contribution in [0.2, 0.25) is 0 Å². The van der Waals surface area contributed by atoms with E-state index in [0.717, 1.165) is 0 Å². The summed E-state index contributed by atoms with van der Waals surface area (Å²) in [5.41, 5.74) is 1.18. The Hall–Kier alpha value is -2.22. The van der Waals surface area contributed by atoms with Crippen molar-refractivity contribution in [1.82, 2.24) is 9.97 Å². The maximum atomic E-state index is 11.1. The van der Waals surface area contributed by atoms with Gasteiger partial charge in [-0.05, 0) is 18.6 Å². The van der Waals surface area contributed by atoms with E-state index in [4.69, 9.17) is 4.74 Å². The Morgan fingerprint density at radius 3 is 2.71 bits per heavy atom. The van der Waals surface area contributed by atoms with Crippen LogP contribution in [0.15, 0.2) is 29.0 Å². The summed E-state index contributed by atoms with van der Waals surface area (Å²) >= 11 is 3.24. The lowest BCUT2D eigenvalue weighted by molar-refractivity contribution is -0.386. The average Bonchev–Trinajstić information content (AvgIpc) is 2.46. The van der Waals surface area contributed by atoms with Gasteiger partial charge in [0, 0.05) is 17.6 Å². The summed E-state index contributed by atoms with van der Waals surface area (Å²) < 4.78 is 6.19. The van der Waals surface area contributed by atoms with E-state index in [1.54, 1.807) is 32.4 Å². The van der Waals surface area contributed by atoms with Crippen molar-refractivity contribution in [2.75, 3.05) is 12.4 Å². The molecule has 1 N–H and O–H groups in total. The third kappa shape index (κ3) is 3.66. The molecule has 0 atom stereocenters. The van der Waals surface area contributed by atoms with Crippen LogP contribution in [-0.4, -0.2) is 21.9 Å². The fourth-order valence-corrected chi connectivity index (χ4v) is 2.30. The van der Waals surface area contributed by atoms with Crippen molar-refractivity contribution in [3.05, 3.63) is 50.4 Å². The van der Waals surface area contributed by atoms with Crippen molar-refractivity contribution in [3.8, 4) is 5.75 Å². The molecule has 0 radical (unpaired) electrons. The van der Waals surface area contributed by atoms with E-state index in [-0.39, 0.29) is 18.0 Å². The van der Waals surface area contributed by atoms with Gasteiger partial charge in [-0.3, -0.25) is 15.1 Å². The van der Waals surface area contributed by atoms with E-state index in [1.165, 1.54) is 6.07 Å². The number of hydrogen-bond acceptors (Lipinski definition) is 6. The highest BCUT2D eigenvalue weighted by Gasteiger charge is 2.19. The smallest absolute Gasteiger partial charge is 0.312 e. The molecule has 21 heavy (non-hydrogen) atoms. The summed E-state index contributed by atoms with van der Waals surface area (Å²) in [4.78, 5) is 18.9. The first kappa shape index (κ1) is 15.2. The van der Waals surface area contributed by atoms with Crippen molar-refractivity contribution < 1.29 is 9.66 Å². The van der Waals surface area contributed by atoms with E-state index in [2.05, 4.69) is 31.2 Å². The van der Waals surface area contributed by atoms with Gasteiger partial charge in [0.05, 0.1) is 23.0 Å². The standard InChI is InChI=1S/C13H13BrN4O3/c1-8-3-9(14)4-11(18(19)20)13(8)21-7-10-5-17-12(15-2)6-16-10/h3-6H,7H2,1-2H3,(H,15,17). The molecule has 7 nitrogen and oxygen atoms in total. The molecule has 0 fully saturated rings. The quantitative estimate of drug-likeness (QED) is 0.656. The Kier molecular flexibility index (Phi) is 4.69. The Balaban J connectivity index is 2.20. The molecule has 8 heteroatoms. The number of anilines is 1. The predicted molar refractivity (Wildman–Crippen MR) is 81.4 cm³/mol. The first-order valence-electron chi connectivity index (χ1n) is 6.07. The third-order valence-electron chi connectivity index (χ3n) is 2.74. The van der Waals surface area contributed by atoms with Crippen molar-refractivity contribution >= 4 is 27.4 Å². The maximum Gasteiger partial charge on any atom is 0.312 e. The highest BCUT2D eigenvalue weighted by molar-refractivity contribution is 9.10. The number of aryl methyl sites for hydroxylation is 1. The lowest BCUT2D eigenvalue weighted by atomic mass is 10.2. The number of nitro groups is 1. The predicted octanol–water partition coefficient (Wildman–Crippen LogP) is 3.08. The van der Waals surface area contributed by atoms with Crippen LogP contribution in [0.3, 0.4) is 0 Å². The average molecular weight is 353 g/mol. The van der Waals surface area contributed by atoms with Gasteiger partial charge in [-0.15, -0.1) is 0 Å². The molecule has 1 heterocycles. The number of aromatic nitrogens is 2. The summed E-state index contributed by atoms with van der Waals surface area (Å²) in [5.74, 6) is 0.882. The molecule has 1 aromatic carbocycles. The molecule has 0 spiro atoms. The van der Waals surface area contributed by atoms with Crippen molar-refractivity contribution in [2.45, 2.75) is 13.5 Å². The first-order chi connectivity index (χ1) is 10.0. The molecule has 0 saturated heterocycles. The third-order valence-corrected chi connectivity index (χ3v) is 3.20.